The Balaban J connectivity index is 1.40. The van der Waals surface area contributed by atoms with Crippen molar-refractivity contribution in [3.05, 3.63) is 48.2 Å². The van der Waals surface area contributed by atoms with Gasteiger partial charge in [0.05, 0.1) is 30.3 Å². The highest BCUT2D eigenvalue weighted by molar-refractivity contribution is 7.98. The minimum atomic E-state index is 0.275. The zero-order valence-corrected chi connectivity index (χ0v) is 16.8. The highest BCUT2D eigenvalue weighted by Gasteiger charge is 2.22. The van der Waals surface area contributed by atoms with Gasteiger partial charge in [-0.25, -0.2) is 4.98 Å². The molecule has 1 unspecified atom stereocenters. The summed E-state index contributed by atoms with van der Waals surface area (Å²) in [6.07, 6.45) is 8.01. The second kappa shape index (κ2) is 8.09. The van der Waals surface area contributed by atoms with Gasteiger partial charge in [0.2, 0.25) is 0 Å². The summed E-state index contributed by atoms with van der Waals surface area (Å²) in [5.74, 6) is 2.99. The quantitative estimate of drug-likeness (QED) is 0.592. The molecule has 3 aromatic rings. The molecule has 0 saturated carbocycles. The van der Waals surface area contributed by atoms with Crippen molar-refractivity contribution in [2.75, 3.05) is 6.61 Å². The molecule has 146 valence electrons. The van der Waals surface area contributed by atoms with Gasteiger partial charge in [-0.2, -0.15) is 0 Å². The van der Waals surface area contributed by atoms with Crippen molar-refractivity contribution >= 4 is 11.8 Å². The Bertz CT molecular complexity index is 930. The van der Waals surface area contributed by atoms with Crippen molar-refractivity contribution in [1.29, 1.82) is 0 Å². The molecule has 6 nitrogen and oxygen atoms in total. The van der Waals surface area contributed by atoms with Crippen LogP contribution in [0.1, 0.15) is 37.3 Å². The third kappa shape index (κ3) is 3.61. The second-order valence-electron chi connectivity index (χ2n) is 7.47. The Morgan fingerprint density at radius 1 is 1.11 bits per heavy atom. The van der Waals surface area contributed by atoms with Crippen LogP contribution in [0.2, 0.25) is 0 Å². The molecule has 1 fully saturated rings. The number of hydrogen-bond donors (Lipinski definition) is 0. The number of ether oxygens (including phenoxy) is 1. The molecule has 1 saturated heterocycles. The largest absolute Gasteiger partial charge is 0.376 e. The molecule has 0 amide bonds. The Hall–Kier alpha value is -2.12. The number of rotatable bonds is 6. The van der Waals surface area contributed by atoms with Gasteiger partial charge in [-0.05, 0) is 31.2 Å². The van der Waals surface area contributed by atoms with Crippen molar-refractivity contribution in [2.45, 2.75) is 62.2 Å². The first-order valence-corrected chi connectivity index (χ1v) is 11.1. The molecule has 0 spiro atoms. The zero-order valence-electron chi connectivity index (χ0n) is 16.0. The average Bonchev–Trinajstić information content (AvgIpc) is 3.48. The Kier molecular flexibility index (Phi) is 5.18. The fraction of sp³-hybridized carbons (Fsp3) is 0.476. The molecule has 2 aromatic heterocycles. The lowest BCUT2D eigenvalue weighted by Gasteiger charge is -2.17. The molecule has 0 bridgehead atoms. The molecule has 1 aromatic carbocycles. The van der Waals surface area contributed by atoms with Crippen LogP contribution in [0.3, 0.4) is 0 Å². The van der Waals surface area contributed by atoms with E-state index in [1.54, 1.807) is 11.8 Å². The third-order valence-electron chi connectivity index (χ3n) is 5.57. The monoisotopic (exact) mass is 395 g/mol. The fourth-order valence-electron chi connectivity index (χ4n) is 4.09. The maximum Gasteiger partial charge on any atom is 0.168 e. The molecular formula is C21H25N5OS. The van der Waals surface area contributed by atoms with Crippen molar-refractivity contribution < 1.29 is 4.74 Å². The van der Waals surface area contributed by atoms with Crippen LogP contribution < -0.4 is 0 Å². The normalized spacial score (nSPS) is 19.1. The van der Waals surface area contributed by atoms with Gasteiger partial charge < -0.3 is 13.9 Å². The molecule has 5 rings (SSSR count). The van der Waals surface area contributed by atoms with Crippen LogP contribution >= 0.6 is 11.8 Å². The molecule has 4 heterocycles. The lowest BCUT2D eigenvalue weighted by atomic mass is 10.1. The van der Waals surface area contributed by atoms with Crippen molar-refractivity contribution in [3.63, 3.8) is 0 Å². The maximum absolute atomic E-state index is 5.91. The van der Waals surface area contributed by atoms with E-state index in [4.69, 9.17) is 9.72 Å². The van der Waals surface area contributed by atoms with Crippen LogP contribution in [0.25, 0.3) is 11.3 Å². The van der Waals surface area contributed by atoms with Crippen LogP contribution in [0.5, 0.6) is 0 Å². The summed E-state index contributed by atoms with van der Waals surface area (Å²) in [6, 6.07) is 10.5. The molecule has 2 aliphatic rings. The maximum atomic E-state index is 5.91. The van der Waals surface area contributed by atoms with E-state index in [1.807, 2.05) is 12.3 Å². The van der Waals surface area contributed by atoms with Gasteiger partial charge in [0.15, 0.2) is 5.16 Å². The predicted molar refractivity (Wildman–Crippen MR) is 109 cm³/mol. The van der Waals surface area contributed by atoms with Gasteiger partial charge in [-0.3, -0.25) is 0 Å². The molecule has 0 aliphatic carbocycles. The highest BCUT2D eigenvalue weighted by atomic mass is 32.2. The first-order chi connectivity index (χ1) is 13.9. The van der Waals surface area contributed by atoms with Gasteiger partial charge in [-0.15, -0.1) is 10.2 Å². The minimum absolute atomic E-state index is 0.275. The number of nitrogens with zero attached hydrogens (tertiary/aromatic N) is 5. The van der Waals surface area contributed by atoms with E-state index in [0.717, 1.165) is 67.2 Å². The van der Waals surface area contributed by atoms with Crippen molar-refractivity contribution in [1.82, 2.24) is 24.3 Å². The molecule has 1 atom stereocenters. The van der Waals surface area contributed by atoms with E-state index < -0.39 is 0 Å². The Morgan fingerprint density at radius 2 is 2.04 bits per heavy atom. The first-order valence-electron chi connectivity index (χ1n) is 10.1. The highest BCUT2D eigenvalue weighted by Crippen LogP contribution is 2.30. The van der Waals surface area contributed by atoms with Gasteiger partial charge in [0.1, 0.15) is 11.6 Å². The van der Waals surface area contributed by atoms with E-state index in [-0.39, 0.29) is 6.10 Å². The van der Waals surface area contributed by atoms with Crippen LogP contribution in [0, 0.1) is 0 Å². The van der Waals surface area contributed by atoms with Crippen LogP contribution in [0.4, 0.5) is 0 Å². The van der Waals surface area contributed by atoms with E-state index >= 15 is 0 Å². The second-order valence-corrected chi connectivity index (χ2v) is 8.41. The first kappa shape index (κ1) is 17.9. The SMILES string of the molecule is c1ccc(-c2cnc(SCc3nnc4n3CCCC4)n2CC2CCCO2)cc1. The van der Waals surface area contributed by atoms with Gasteiger partial charge in [0, 0.05) is 19.6 Å². The number of thioether (sulfide) groups is 1. The summed E-state index contributed by atoms with van der Waals surface area (Å²) in [6.45, 7) is 2.76. The van der Waals surface area contributed by atoms with E-state index in [2.05, 4.69) is 43.6 Å². The lowest BCUT2D eigenvalue weighted by Crippen LogP contribution is -2.16. The van der Waals surface area contributed by atoms with Crippen LogP contribution in [-0.2, 0) is 30.0 Å². The average molecular weight is 396 g/mol. The van der Waals surface area contributed by atoms with E-state index in [1.165, 1.54) is 18.4 Å². The number of aromatic nitrogens is 5. The van der Waals surface area contributed by atoms with Gasteiger partial charge in [0.25, 0.3) is 0 Å². The molecular weight excluding hydrogens is 370 g/mol. The Labute approximate surface area is 169 Å². The fourth-order valence-corrected chi connectivity index (χ4v) is 5.01. The summed E-state index contributed by atoms with van der Waals surface area (Å²) in [5.41, 5.74) is 2.35. The smallest absolute Gasteiger partial charge is 0.168 e. The minimum Gasteiger partial charge on any atom is -0.376 e. The molecule has 0 N–H and O–H groups in total. The predicted octanol–water partition coefficient (Wildman–Crippen LogP) is 3.95. The molecule has 0 radical (unpaired) electrons. The summed E-state index contributed by atoms with van der Waals surface area (Å²) >= 11 is 1.75. The Morgan fingerprint density at radius 3 is 2.89 bits per heavy atom. The van der Waals surface area contributed by atoms with E-state index in [9.17, 15) is 0 Å². The summed E-state index contributed by atoms with van der Waals surface area (Å²) in [5, 5.41) is 9.85. The zero-order chi connectivity index (χ0) is 18.8. The number of benzene rings is 1. The van der Waals surface area contributed by atoms with Crippen LogP contribution in [0.15, 0.2) is 41.7 Å². The van der Waals surface area contributed by atoms with E-state index in [0.29, 0.717) is 0 Å². The van der Waals surface area contributed by atoms with Crippen molar-refractivity contribution in [3.8, 4) is 11.3 Å². The van der Waals surface area contributed by atoms with Crippen LogP contribution in [-0.4, -0.2) is 37.0 Å². The summed E-state index contributed by atoms with van der Waals surface area (Å²) < 4.78 is 10.5. The summed E-state index contributed by atoms with van der Waals surface area (Å²) in [4.78, 5) is 4.76. The van der Waals surface area contributed by atoms with Gasteiger partial charge >= 0.3 is 0 Å². The molecule has 7 heteroatoms. The standard InChI is InChI=1S/C21H25N5OS/c1-2-7-16(8-3-1)18-13-22-21(26(18)14-17-9-6-12-27-17)28-15-20-24-23-19-10-4-5-11-25(19)20/h1-3,7-8,13,17H,4-6,9-12,14-15H2. The number of imidazole rings is 1. The topological polar surface area (TPSA) is 57.8 Å². The number of fused-ring (bicyclic) bond motifs is 1. The van der Waals surface area contributed by atoms with Gasteiger partial charge in [-0.1, -0.05) is 42.1 Å². The lowest BCUT2D eigenvalue weighted by molar-refractivity contribution is 0.0954. The number of hydrogen-bond acceptors (Lipinski definition) is 5. The third-order valence-corrected chi connectivity index (χ3v) is 6.55. The van der Waals surface area contributed by atoms with Crippen molar-refractivity contribution in [2.24, 2.45) is 0 Å². The molecule has 28 heavy (non-hydrogen) atoms. The molecule has 2 aliphatic heterocycles. The number of aryl methyl sites for hydroxylation is 1. The summed E-state index contributed by atoms with van der Waals surface area (Å²) in [7, 11) is 0.